The van der Waals surface area contributed by atoms with E-state index in [0.29, 0.717) is 17.2 Å². The van der Waals surface area contributed by atoms with E-state index in [-0.39, 0.29) is 23.3 Å². The average molecular weight is 433 g/mol. The van der Waals surface area contributed by atoms with E-state index >= 15 is 0 Å². The Morgan fingerprint density at radius 2 is 1.81 bits per heavy atom. The molecule has 0 bridgehead atoms. The second kappa shape index (κ2) is 8.65. The average Bonchev–Trinajstić information content (AvgIpc) is 3.05. The summed E-state index contributed by atoms with van der Waals surface area (Å²) in [5, 5.41) is 10.7. The molecule has 2 amide bonds. The van der Waals surface area contributed by atoms with Gasteiger partial charge in [0.05, 0.1) is 10.5 Å². The molecule has 0 unspecified atom stereocenters. The zero-order valence-corrected chi connectivity index (χ0v) is 17.5. The van der Waals surface area contributed by atoms with E-state index in [1.807, 2.05) is 36.4 Å². The summed E-state index contributed by atoms with van der Waals surface area (Å²) >= 11 is 0.925. The quantitative estimate of drug-likeness (QED) is 0.540. The van der Waals surface area contributed by atoms with E-state index in [4.69, 9.17) is 9.84 Å². The maximum absolute atomic E-state index is 12.6. The van der Waals surface area contributed by atoms with Gasteiger partial charge in [-0.25, -0.2) is 4.79 Å². The summed E-state index contributed by atoms with van der Waals surface area (Å²) < 4.78 is 6.05. The third kappa shape index (κ3) is 4.18. The minimum absolute atomic E-state index is 0.210. The first-order valence-electron chi connectivity index (χ1n) is 9.70. The number of hydrogen-bond donors (Lipinski definition) is 1. The molecule has 6 nitrogen and oxygen atoms in total. The molecule has 3 aromatic rings. The maximum Gasteiger partial charge on any atom is 0.335 e. The molecule has 1 aliphatic heterocycles. The largest absolute Gasteiger partial charge is 0.488 e. The zero-order valence-electron chi connectivity index (χ0n) is 16.7. The third-order valence-corrected chi connectivity index (χ3v) is 5.90. The van der Waals surface area contributed by atoms with Crippen molar-refractivity contribution < 1.29 is 24.2 Å². The van der Waals surface area contributed by atoms with Crippen molar-refractivity contribution in [1.29, 1.82) is 0 Å². The molecule has 1 heterocycles. The molecule has 4 rings (SSSR count). The summed E-state index contributed by atoms with van der Waals surface area (Å²) in [5.41, 5.74) is 1.75. The topological polar surface area (TPSA) is 83.9 Å². The highest BCUT2D eigenvalue weighted by Crippen LogP contribution is 2.36. The van der Waals surface area contributed by atoms with Crippen LogP contribution in [0.15, 0.2) is 65.6 Å². The van der Waals surface area contributed by atoms with Crippen LogP contribution in [0.25, 0.3) is 16.8 Å². The Morgan fingerprint density at radius 3 is 2.48 bits per heavy atom. The van der Waals surface area contributed by atoms with Crippen LogP contribution in [0.4, 0.5) is 4.79 Å². The molecule has 0 spiro atoms. The molecule has 0 atom stereocenters. The van der Waals surface area contributed by atoms with Crippen LogP contribution < -0.4 is 4.74 Å². The second-order valence-corrected chi connectivity index (χ2v) is 7.91. The second-order valence-electron chi connectivity index (χ2n) is 6.92. The first kappa shape index (κ1) is 20.7. The summed E-state index contributed by atoms with van der Waals surface area (Å²) in [6, 6.07) is 18.0. The van der Waals surface area contributed by atoms with Gasteiger partial charge in [0.25, 0.3) is 11.1 Å². The number of carboxylic acids is 1. The number of benzene rings is 3. The van der Waals surface area contributed by atoms with E-state index in [2.05, 4.69) is 0 Å². The first-order valence-corrected chi connectivity index (χ1v) is 10.5. The van der Waals surface area contributed by atoms with E-state index in [9.17, 15) is 14.4 Å². The smallest absolute Gasteiger partial charge is 0.335 e. The van der Waals surface area contributed by atoms with Crippen molar-refractivity contribution in [2.24, 2.45) is 0 Å². The Morgan fingerprint density at radius 1 is 1.06 bits per heavy atom. The summed E-state index contributed by atoms with van der Waals surface area (Å²) in [6.07, 6.45) is 1.71. The van der Waals surface area contributed by atoms with Gasteiger partial charge in [-0.1, -0.05) is 42.5 Å². The number of carbonyl (C=O) groups is 3. The van der Waals surface area contributed by atoms with Crippen molar-refractivity contribution in [2.45, 2.75) is 13.5 Å². The van der Waals surface area contributed by atoms with E-state index in [1.54, 1.807) is 25.1 Å². The van der Waals surface area contributed by atoms with Crippen LogP contribution in [-0.4, -0.2) is 33.7 Å². The number of carboxylic acid groups (broad SMARTS) is 1. The fourth-order valence-corrected chi connectivity index (χ4v) is 4.24. The van der Waals surface area contributed by atoms with Gasteiger partial charge in [-0.3, -0.25) is 14.5 Å². The molecule has 1 fully saturated rings. The van der Waals surface area contributed by atoms with Crippen LogP contribution in [-0.2, 0) is 11.4 Å². The minimum Gasteiger partial charge on any atom is -0.488 e. The van der Waals surface area contributed by atoms with Gasteiger partial charge in [0, 0.05) is 12.1 Å². The molecule has 156 valence electrons. The Labute approximate surface area is 183 Å². The molecule has 0 aliphatic carbocycles. The molecule has 3 aromatic carbocycles. The monoisotopic (exact) mass is 433 g/mol. The van der Waals surface area contributed by atoms with Crippen molar-refractivity contribution in [2.75, 3.05) is 6.54 Å². The molecular weight excluding hydrogens is 414 g/mol. The number of rotatable bonds is 6. The maximum atomic E-state index is 12.6. The van der Waals surface area contributed by atoms with E-state index in [0.717, 1.165) is 33.7 Å². The number of fused-ring (bicyclic) bond motifs is 1. The number of likely N-dealkylation sites (N-methyl/N-ethyl adjacent to an activating group) is 1. The third-order valence-electron chi connectivity index (χ3n) is 4.99. The number of thioether (sulfide) groups is 1. The van der Waals surface area contributed by atoms with Gasteiger partial charge < -0.3 is 9.84 Å². The predicted octanol–water partition coefficient (Wildman–Crippen LogP) is 5.17. The highest BCUT2D eigenvalue weighted by Gasteiger charge is 2.34. The lowest BCUT2D eigenvalue weighted by molar-refractivity contribution is -0.122. The fourth-order valence-electron chi connectivity index (χ4n) is 3.36. The van der Waals surface area contributed by atoms with Crippen molar-refractivity contribution in [1.82, 2.24) is 4.90 Å². The highest BCUT2D eigenvalue weighted by atomic mass is 32.2. The molecule has 0 saturated carbocycles. The first-order chi connectivity index (χ1) is 15.0. The summed E-state index contributed by atoms with van der Waals surface area (Å²) in [4.78, 5) is 37.3. The number of ether oxygens (including phenoxy) is 1. The Kier molecular flexibility index (Phi) is 5.77. The molecule has 1 aliphatic rings. The predicted molar refractivity (Wildman–Crippen MR) is 120 cm³/mol. The summed E-state index contributed by atoms with van der Waals surface area (Å²) in [6.45, 7) is 2.32. The standard InChI is InChI=1S/C24H19NO5S/c1-2-25-22(26)21(31-24(25)29)13-19-18-6-4-3-5-16(18)11-12-20(19)30-14-15-7-9-17(10-8-15)23(27)28/h3-13H,2,14H2,1H3,(H,27,28)/b21-13-. The van der Waals surface area contributed by atoms with Crippen LogP contribution in [0.1, 0.15) is 28.4 Å². The number of imide groups is 1. The van der Waals surface area contributed by atoms with Crippen LogP contribution in [0.3, 0.4) is 0 Å². The normalized spacial score (nSPS) is 15.1. The molecule has 31 heavy (non-hydrogen) atoms. The molecular formula is C24H19NO5S. The van der Waals surface area contributed by atoms with Gasteiger partial charge in [-0.05, 0) is 59.3 Å². The number of carbonyl (C=O) groups excluding carboxylic acids is 2. The lowest BCUT2D eigenvalue weighted by Gasteiger charge is -2.13. The van der Waals surface area contributed by atoms with Gasteiger partial charge in [0.1, 0.15) is 12.4 Å². The molecule has 7 heteroatoms. The number of amides is 2. The Bertz CT molecular complexity index is 1220. The van der Waals surface area contributed by atoms with Gasteiger partial charge in [0.15, 0.2) is 0 Å². The molecule has 1 N–H and O–H groups in total. The van der Waals surface area contributed by atoms with Gasteiger partial charge >= 0.3 is 5.97 Å². The van der Waals surface area contributed by atoms with E-state index < -0.39 is 5.97 Å². The molecule has 0 radical (unpaired) electrons. The Balaban J connectivity index is 1.69. The summed E-state index contributed by atoms with van der Waals surface area (Å²) in [5.74, 6) is -0.713. The highest BCUT2D eigenvalue weighted by molar-refractivity contribution is 8.18. The lowest BCUT2D eigenvalue weighted by Crippen LogP contribution is -2.27. The lowest BCUT2D eigenvalue weighted by atomic mass is 10.0. The van der Waals surface area contributed by atoms with Gasteiger partial charge in [-0.2, -0.15) is 0 Å². The minimum atomic E-state index is -0.981. The number of nitrogens with zero attached hydrogens (tertiary/aromatic N) is 1. The van der Waals surface area contributed by atoms with Crippen LogP contribution in [0.2, 0.25) is 0 Å². The van der Waals surface area contributed by atoms with Gasteiger partial charge in [-0.15, -0.1) is 0 Å². The zero-order chi connectivity index (χ0) is 22.0. The van der Waals surface area contributed by atoms with Crippen molar-refractivity contribution in [3.63, 3.8) is 0 Å². The van der Waals surface area contributed by atoms with Crippen LogP contribution >= 0.6 is 11.8 Å². The van der Waals surface area contributed by atoms with E-state index in [1.165, 1.54) is 17.0 Å². The fraction of sp³-hybridized carbons (Fsp3) is 0.125. The SMILES string of the molecule is CCN1C(=O)S/C(=C\c2c(OCc3ccc(C(=O)O)cc3)ccc3ccccc23)C1=O. The molecule has 0 aromatic heterocycles. The van der Waals surface area contributed by atoms with Crippen molar-refractivity contribution >= 4 is 45.7 Å². The van der Waals surface area contributed by atoms with Crippen LogP contribution in [0.5, 0.6) is 5.75 Å². The van der Waals surface area contributed by atoms with Gasteiger partial charge in [0.2, 0.25) is 0 Å². The summed E-state index contributed by atoms with van der Waals surface area (Å²) in [7, 11) is 0. The number of hydrogen-bond acceptors (Lipinski definition) is 5. The number of aromatic carboxylic acids is 1. The van der Waals surface area contributed by atoms with Crippen molar-refractivity contribution in [3.8, 4) is 5.75 Å². The molecule has 1 saturated heterocycles. The van der Waals surface area contributed by atoms with Crippen LogP contribution in [0, 0.1) is 0 Å². The van der Waals surface area contributed by atoms with Crippen molar-refractivity contribution in [3.05, 3.63) is 82.3 Å². The Hall–Kier alpha value is -3.58.